The molecule has 0 saturated heterocycles. The second-order valence-corrected chi connectivity index (χ2v) is 10.9. The van der Waals surface area contributed by atoms with E-state index in [4.69, 9.17) is 0 Å². The highest BCUT2D eigenvalue weighted by molar-refractivity contribution is 6.73. The van der Waals surface area contributed by atoms with Crippen molar-refractivity contribution in [3.05, 3.63) is 71.8 Å². The molecule has 0 saturated carbocycles. The molecule has 0 atom stereocenters. The monoisotopic (exact) mass is 284 g/mol. The van der Waals surface area contributed by atoms with Gasteiger partial charge in [0, 0.05) is 13.1 Å². The van der Waals surface area contributed by atoms with Crippen molar-refractivity contribution in [3.8, 4) is 0 Å². The van der Waals surface area contributed by atoms with Gasteiger partial charge in [0.1, 0.15) is 8.24 Å². The molecule has 0 aliphatic heterocycles. The minimum absolute atomic E-state index is 0.887. The predicted molar refractivity (Wildman–Crippen MR) is 88.6 cm³/mol. The summed E-state index contributed by atoms with van der Waals surface area (Å²) in [5, 5.41) is 0. The van der Waals surface area contributed by atoms with Gasteiger partial charge in [0.05, 0.1) is 0 Å². The highest BCUT2D eigenvalue weighted by atomic mass is 28.3. The third-order valence-corrected chi connectivity index (χ3v) is 5.25. The largest absolute Gasteiger partial charge is 0.262 e. The van der Waals surface area contributed by atoms with Crippen LogP contribution in [-0.2, 0) is 13.1 Å². The molecule has 0 unspecified atom stereocenters. The third-order valence-electron chi connectivity index (χ3n) is 3.31. The molecule has 0 aliphatic rings. The predicted octanol–water partition coefficient (Wildman–Crippen LogP) is 4.03. The SMILES string of the molecule is C[Si](C)(C)N(Cc1ccccc1)NCc1ccccc1. The lowest BCUT2D eigenvalue weighted by atomic mass is 10.2. The molecule has 2 nitrogen and oxygen atoms in total. The Balaban J connectivity index is 2.01. The third kappa shape index (κ3) is 4.60. The van der Waals surface area contributed by atoms with Gasteiger partial charge in [0.15, 0.2) is 0 Å². The molecule has 3 heteroatoms. The summed E-state index contributed by atoms with van der Waals surface area (Å²) in [4.78, 5) is 0. The highest BCUT2D eigenvalue weighted by Gasteiger charge is 2.23. The van der Waals surface area contributed by atoms with E-state index in [2.05, 4.69) is 90.4 Å². The van der Waals surface area contributed by atoms with E-state index in [0.29, 0.717) is 0 Å². The van der Waals surface area contributed by atoms with Crippen molar-refractivity contribution in [2.24, 2.45) is 0 Å². The molecule has 106 valence electrons. The smallest absolute Gasteiger partial charge is 0.137 e. The number of nitrogens with zero attached hydrogens (tertiary/aromatic N) is 1. The van der Waals surface area contributed by atoms with Crippen molar-refractivity contribution in [1.29, 1.82) is 0 Å². The lowest BCUT2D eigenvalue weighted by molar-refractivity contribution is 0.300. The maximum Gasteiger partial charge on any atom is 0.137 e. The van der Waals surface area contributed by atoms with Crippen LogP contribution < -0.4 is 5.43 Å². The summed E-state index contributed by atoms with van der Waals surface area (Å²) in [6.45, 7) is 8.96. The van der Waals surface area contributed by atoms with Crippen LogP contribution in [0.4, 0.5) is 0 Å². The van der Waals surface area contributed by atoms with Gasteiger partial charge in [-0.3, -0.25) is 10.1 Å². The van der Waals surface area contributed by atoms with Crippen molar-refractivity contribution in [3.63, 3.8) is 0 Å². The van der Waals surface area contributed by atoms with Crippen LogP contribution in [0, 0.1) is 0 Å². The summed E-state index contributed by atoms with van der Waals surface area (Å²) in [5.74, 6) is 0. The number of nitrogens with one attached hydrogen (secondary N) is 1. The number of hydrogen-bond donors (Lipinski definition) is 1. The van der Waals surface area contributed by atoms with Crippen molar-refractivity contribution in [2.45, 2.75) is 32.7 Å². The van der Waals surface area contributed by atoms with Crippen molar-refractivity contribution in [1.82, 2.24) is 10.1 Å². The average Bonchev–Trinajstić information content (AvgIpc) is 2.44. The fourth-order valence-corrected chi connectivity index (χ4v) is 3.29. The fourth-order valence-electron chi connectivity index (χ4n) is 2.08. The Hall–Kier alpha value is -1.42. The van der Waals surface area contributed by atoms with Crippen molar-refractivity contribution in [2.75, 3.05) is 0 Å². The first-order valence-corrected chi connectivity index (χ1v) is 10.6. The Morgan fingerprint density at radius 2 is 1.30 bits per heavy atom. The van der Waals surface area contributed by atoms with Crippen molar-refractivity contribution >= 4 is 8.24 Å². The van der Waals surface area contributed by atoms with E-state index in [1.54, 1.807) is 0 Å². The molecule has 1 N–H and O–H groups in total. The van der Waals surface area contributed by atoms with Gasteiger partial charge in [-0.1, -0.05) is 80.3 Å². The topological polar surface area (TPSA) is 15.3 Å². The highest BCUT2D eigenvalue weighted by Crippen LogP contribution is 2.12. The lowest BCUT2D eigenvalue weighted by Crippen LogP contribution is -2.53. The molecule has 0 aliphatic carbocycles. The normalized spacial score (nSPS) is 11.8. The van der Waals surface area contributed by atoms with Crippen LogP contribution in [0.5, 0.6) is 0 Å². The second kappa shape index (κ2) is 6.84. The Morgan fingerprint density at radius 1 is 0.800 bits per heavy atom. The zero-order valence-corrected chi connectivity index (χ0v) is 13.6. The maximum atomic E-state index is 3.62. The summed E-state index contributed by atoms with van der Waals surface area (Å²) >= 11 is 0. The molecule has 2 rings (SSSR count). The number of hydrogen-bond acceptors (Lipinski definition) is 2. The van der Waals surface area contributed by atoms with E-state index in [1.165, 1.54) is 11.1 Å². The first-order chi connectivity index (χ1) is 9.55. The molecule has 20 heavy (non-hydrogen) atoms. The van der Waals surface area contributed by atoms with Gasteiger partial charge in [0.25, 0.3) is 0 Å². The summed E-state index contributed by atoms with van der Waals surface area (Å²) in [5.41, 5.74) is 6.30. The van der Waals surface area contributed by atoms with E-state index in [1.807, 2.05) is 0 Å². The molecule has 0 aromatic heterocycles. The molecule has 0 bridgehead atoms. The molecule has 2 aromatic carbocycles. The zero-order chi connectivity index (χ0) is 14.4. The summed E-state index contributed by atoms with van der Waals surface area (Å²) in [6.07, 6.45) is 0. The molecular weight excluding hydrogens is 260 g/mol. The van der Waals surface area contributed by atoms with E-state index in [-0.39, 0.29) is 0 Å². The summed E-state index contributed by atoms with van der Waals surface area (Å²) < 4.78 is 2.44. The number of rotatable bonds is 6. The van der Waals surface area contributed by atoms with Gasteiger partial charge in [-0.15, -0.1) is 0 Å². The molecule has 0 fully saturated rings. The summed E-state index contributed by atoms with van der Waals surface area (Å²) in [7, 11) is -1.40. The minimum atomic E-state index is -1.40. The van der Waals surface area contributed by atoms with Gasteiger partial charge in [-0.2, -0.15) is 0 Å². The van der Waals surface area contributed by atoms with E-state index < -0.39 is 8.24 Å². The second-order valence-electron chi connectivity index (χ2n) is 6.06. The van der Waals surface area contributed by atoms with Gasteiger partial charge < -0.3 is 0 Å². The minimum Gasteiger partial charge on any atom is -0.262 e. The van der Waals surface area contributed by atoms with E-state index in [0.717, 1.165) is 13.1 Å². The Bertz CT molecular complexity index is 506. The summed E-state index contributed by atoms with van der Waals surface area (Å²) in [6, 6.07) is 21.2. The van der Waals surface area contributed by atoms with Gasteiger partial charge in [0.2, 0.25) is 0 Å². The van der Waals surface area contributed by atoms with E-state index in [9.17, 15) is 0 Å². The van der Waals surface area contributed by atoms with Gasteiger partial charge in [-0.25, -0.2) is 0 Å². The Morgan fingerprint density at radius 3 is 1.80 bits per heavy atom. The number of hydrazine groups is 1. The zero-order valence-electron chi connectivity index (χ0n) is 12.6. The van der Waals surface area contributed by atoms with Crippen molar-refractivity contribution < 1.29 is 0 Å². The van der Waals surface area contributed by atoms with E-state index >= 15 is 0 Å². The molecule has 0 radical (unpaired) electrons. The van der Waals surface area contributed by atoms with Crippen LogP contribution in [0.1, 0.15) is 11.1 Å². The molecule has 2 aromatic rings. The van der Waals surface area contributed by atoms with Crippen LogP contribution in [0.25, 0.3) is 0 Å². The van der Waals surface area contributed by atoms with Crippen LogP contribution >= 0.6 is 0 Å². The quantitative estimate of drug-likeness (QED) is 0.636. The van der Waals surface area contributed by atoms with Gasteiger partial charge >= 0.3 is 0 Å². The Kier molecular flexibility index (Phi) is 5.12. The molecule has 0 heterocycles. The Labute approximate surface area is 123 Å². The van der Waals surface area contributed by atoms with Crippen LogP contribution in [-0.4, -0.2) is 12.9 Å². The lowest BCUT2D eigenvalue weighted by Gasteiger charge is -2.34. The maximum absolute atomic E-state index is 3.62. The molecule has 0 spiro atoms. The number of benzene rings is 2. The standard InChI is InChI=1S/C17H24N2Si/c1-20(2,3)19(15-17-12-8-5-9-13-17)18-14-16-10-6-4-7-11-16/h4-13,18H,14-15H2,1-3H3. The average molecular weight is 284 g/mol. The van der Waals surface area contributed by atoms with Crippen LogP contribution in [0.2, 0.25) is 19.6 Å². The first-order valence-electron chi connectivity index (χ1n) is 7.15. The van der Waals surface area contributed by atoms with Gasteiger partial charge in [-0.05, 0) is 11.1 Å². The molecular formula is C17H24N2Si. The first kappa shape index (κ1) is 15.0. The fraction of sp³-hybridized carbons (Fsp3) is 0.294. The van der Waals surface area contributed by atoms with Crippen LogP contribution in [0.3, 0.4) is 0 Å². The molecule has 0 amide bonds. The van der Waals surface area contributed by atoms with Crippen LogP contribution in [0.15, 0.2) is 60.7 Å².